The third-order valence-corrected chi connectivity index (χ3v) is 5.35. The van der Waals surface area contributed by atoms with Crippen molar-refractivity contribution in [3.8, 4) is 17.7 Å². The van der Waals surface area contributed by atoms with Crippen LogP contribution in [0, 0.1) is 11.3 Å². The van der Waals surface area contributed by atoms with Crippen molar-refractivity contribution in [1.82, 2.24) is 15.3 Å². The van der Waals surface area contributed by atoms with Crippen LogP contribution in [0.3, 0.4) is 0 Å². The fourth-order valence-electron chi connectivity index (χ4n) is 3.79. The summed E-state index contributed by atoms with van der Waals surface area (Å²) in [5, 5.41) is 16.1. The molecule has 0 amide bonds. The molecule has 3 atom stereocenters. The van der Waals surface area contributed by atoms with E-state index in [1.165, 1.54) is 19.2 Å². The third-order valence-electron chi connectivity index (χ3n) is 5.03. The number of nitrogens with zero attached hydrogens (tertiary/aromatic N) is 3. The summed E-state index contributed by atoms with van der Waals surface area (Å²) in [4.78, 5) is 8.53. The Hall–Kier alpha value is -2.56. The zero-order valence-corrected chi connectivity index (χ0v) is 15.7. The van der Waals surface area contributed by atoms with E-state index in [9.17, 15) is 0 Å². The van der Waals surface area contributed by atoms with Crippen LogP contribution >= 0.6 is 11.6 Å². The number of fused-ring (bicyclic) bond motifs is 2. The van der Waals surface area contributed by atoms with Gasteiger partial charge in [0.2, 0.25) is 5.75 Å². The highest BCUT2D eigenvalue weighted by Crippen LogP contribution is 2.37. The van der Waals surface area contributed by atoms with Gasteiger partial charge in [-0.15, -0.1) is 0 Å². The summed E-state index contributed by atoms with van der Waals surface area (Å²) in [5.74, 6) is 1.32. The summed E-state index contributed by atoms with van der Waals surface area (Å²) in [7, 11) is 1.56. The van der Waals surface area contributed by atoms with E-state index in [1.807, 2.05) is 0 Å². The average Bonchev–Trinajstić information content (AvgIpc) is 3.02. The third kappa shape index (κ3) is 3.77. The molecule has 27 heavy (non-hydrogen) atoms. The van der Waals surface area contributed by atoms with Crippen LogP contribution in [0.25, 0.3) is 0 Å². The maximum atomic E-state index is 8.97. The molecular formula is C19H20ClN5O2. The van der Waals surface area contributed by atoms with Gasteiger partial charge < -0.3 is 20.1 Å². The van der Waals surface area contributed by atoms with Crippen molar-refractivity contribution >= 4 is 23.1 Å². The number of benzene rings is 1. The Kier molecular flexibility index (Phi) is 5.01. The van der Waals surface area contributed by atoms with Gasteiger partial charge in [-0.1, -0.05) is 11.6 Å². The van der Waals surface area contributed by atoms with Gasteiger partial charge in [-0.2, -0.15) is 10.2 Å². The molecule has 1 aromatic carbocycles. The van der Waals surface area contributed by atoms with Crippen LogP contribution < -0.4 is 20.1 Å². The predicted octanol–water partition coefficient (Wildman–Crippen LogP) is 3.42. The molecule has 2 aromatic rings. The van der Waals surface area contributed by atoms with Crippen LogP contribution in [0.2, 0.25) is 5.02 Å². The summed E-state index contributed by atoms with van der Waals surface area (Å²) >= 11 is 6.25. The average molecular weight is 386 g/mol. The molecule has 2 aliphatic rings. The monoisotopic (exact) mass is 385 g/mol. The Bertz CT molecular complexity index is 873. The maximum absolute atomic E-state index is 8.97. The van der Waals surface area contributed by atoms with E-state index in [0.29, 0.717) is 45.8 Å². The van der Waals surface area contributed by atoms with Crippen molar-refractivity contribution < 1.29 is 9.47 Å². The molecule has 3 heterocycles. The number of nitrogens with one attached hydrogen (secondary N) is 2. The Morgan fingerprint density at radius 3 is 2.70 bits per heavy atom. The van der Waals surface area contributed by atoms with Crippen LogP contribution in [0.5, 0.6) is 11.6 Å². The number of piperidine rings is 1. The molecule has 0 radical (unpaired) electrons. The van der Waals surface area contributed by atoms with Crippen molar-refractivity contribution in [2.24, 2.45) is 0 Å². The minimum absolute atomic E-state index is 0.110. The van der Waals surface area contributed by atoms with Crippen molar-refractivity contribution in [1.29, 1.82) is 5.26 Å². The Balaban J connectivity index is 1.55. The van der Waals surface area contributed by atoms with Crippen molar-refractivity contribution in [3.63, 3.8) is 0 Å². The quantitative estimate of drug-likeness (QED) is 0.814. The van der Waals surface area contributed by atoms with Gasteiger partial charge in [-0.25, -0.2) is 4.98 Å². The molecule has 1 unspecified atom stereocenters. The van der Waals surface area contributed by atoms with Gasteiger partial charge in [0.25, 0.3) is 5.88 Å². The summed E-state index contributed by atoms with van der Waals surface area (Å²) in [6.07, 6.45) is 5.89. The molecule has 140 valence electrons. The van der Waals surface area contributed by atoms with Crippen LogP contribution in [0.15, 0.2) is 24.5 Å². The lowest BCUT2D eigenvalue weighted by Gasteiger charge is -2.29. The maximum Gasteiger partial charge on any atom is 0.262 e. The molecule has 7 nitrogen and oxygen atoms in total. The van der Waals surface area contributed by atoms with E-state index in [0.717, 1.165) is 12.8 Å². The second-order valence-corrected chi connectivity index (χ2v) is 7.25. The molecule has 2 fully saturated rings. The fourth-order valence-corrected chi connectivity index (χ4v) is 4.02. The lowest BCUT2D eigenvalue weighted by Crippen LogP contribution is -2.42. The number of hydrogen-bond donors (Lipinski definition) is 2. The molecule has 2 bridgehead atoms. The van der Waals surface area contributed by atoms with E-state index < -0.39 is 0 Å². The van der Waals surface area contributed by atoms with Gasteiger partial charge in [0, 0.05) is 12.1 Å². The molecule has 1 aromatic heterocycles. The second-order valence-electron chi connectivity index (χ2n) is 6.84. The highest BCUT2D eigenvalue weighted by Gasteiger charge is 2.35. The first-order chi connectivity index (χ1) is 13.2. The first-order valence-electron chi connectivity index (χ1n) is 8.94. The van der Waals surface area contributed by atoms with E-state index in [2.05, 4.69) is 26.7 Å². The highest BCUT2D eigenvalue weighted by atomic mass is 35.5. The topological polar surface area (TPSA) is 92.1 Å². The SMILES string of the molecule is COc1c(Nc2ccc(C#N)cc2Cl)ncnc1O[C@H]1CC2CC[C@@H](C1)N2. The molecule has 2 aliphatic heterocycles. The standard InChI is InChI=1S/C19H20ClN5O2/c1-26-17-18(25-16-5-2-11(9-21)6-15(16)20)22-10-23-19(17)27-14-7-12-3-4-13(8-14)24-12/h2,5-6,10,12-14,24H,3-4,7-8H2,1H3,(H,22,23,25)/t12-,13?,14+/m0/s1. The zero-order valence-electron chi connectivity index (χ0n) is 14.9. The van der Waals surface area contributed by atoms with Crippen LogP contribution in [0.4, 0.5) is 11.5 Å². The van der Waals surface area contributed by atoms with Gasteiger partial charge in [0.15, 0.2) is 5.82 Å². The van der Waals surface area contributed by atoms with E-state index in [4.69, 9.17) is 26.3 Å². The molecule has 0 spiro atoms. The number of nitriles is 1. The lowest BCUT2D eigenvalue weighted by molar-refractivity contribution is 0.127. The van der Waals surface area contributed by atoms with E-state index in [-0.39, 0.29) is 6.10 Å². The molecule has 2 N–H and O–H groups in total. The van der Waals surface area contributed by atoms with Crippen LogP contribution in [0.1, 0.15) is 31.2 Å². The molecule has 8 heteroatoms. The predicted molar refractivity (Wildman–Crippen MR) is 102 cm³/mol. The summed E-state index contributed by atoms with van der Waals surface area (Å²) < 4.78 is 11.7. The van der Waals surface area contributed by atoms with Crippen LogP contribution in [-0.2, 0) is 0 Å². The van der Waals surface area contributed by atoms with Crippen molar-refractivity contribution in [3.05, 3.63) is 35.1 Å². The molecule has 0 saturated carbocycles. The van der Waals surface area contributed by atoms with Gasteiger partial charge in [0.05, 0.1) is 29.5 Å². The Labute approximate surface area is 162 Å². The lowest BCUT2D eigenvalue weighted by atomic mass is 10.0. The number of halogens is 1. The van der Waals surface area contributed by atoms with Gasteiger partial charge in [-0.3, -0.25) is 0 Å². The minimum atomic E-state index is 0.110. The molecule has 0 aliphatic carbocycles. The fraction of sp³-hybridized carbons (Fsp3) is 0.421. The number of anilines is 2. The normalized spacial score (nSPS) is 23.5. The summed E-state index contributed by atoms with van der Waals surface area (Å²) in [6.45, 7) is 0. The van der Waals surface area contributed by atoms with Gasteiger partial charge in [-0.05, 0) is 43.9 Å². The molecular weight excluding hydrogens is 366 g/mol. The Morgan fingerprint density at radius 1 is 1.26 bits per heavy atom. The first-order valence-corrected chi connectivity index (χ1v) is 9.32. The molecule has 4 rings (SSSR count). The number of hydrogen-bond acceptors (Lipinski definition) is 7. The summed E-state index contributed by atoms with van der Waals surface area (Å²) in [6, 6.07) is 8.12. The highest BCUT2D eigenvalue weighted by molar-refractivity contribution is 6.33. The zero-order chi connectivity index (χ0) is 18.8. The van der Waals surface area contributed by atoms with Crippen molar-refractivity contribution in [2.45, 2.75) is 43.9 Å². The number of ether oxygens (including phenoxy) is 2. The molecule has 2 saturated heterocycles. The smallest absolute Gasteiger partial charge is 0.262 e. The largest absolute Gasteiger partial charge is 0.489 e. The number of aromatic nitrogens is 2. The van der Waals surface area contributed by atoms with E-state index >= 15 is 0 Å². The van der Waals surface area contributed by atoms with Gasteiger partial charge >= 0.3 is 0 Å². The number of methoxy groups -OCH3 is 1. The first kappa shape index (κ1) is 17.8. The number of rotatable bonds is 5. The van der Waals surface area contributed by atoms with E-state index in [1.54, 1.807) is 25.3 Å². The Morgan fingerprint density at radius 2 is 2.04 bits per heavy atom. The summed E-state index contributed by atoms with van der Waals surface area (Å²) in [5.41, 5.74) is 1.11. The second kappa shape index (κ2) is 7.59. The van der Waals surface area contributed by atoms with Gasteiger partial charge in [0.1, 0.15) is 12.4 Å². The van der Waals surface area contributed by atoms with Crippen molar-refractivity contribution in [2.75, 3.05) is 12.4 Å². The minimum Gasteiger partial charge on any atom is -0.489 e. The van der Waals surface area contributed by atoms with Crippen LogP contribution in [-0.4, -0.2) is 35.3 Å².